The van der Waals surface area contributed by atoms with Crippen molar-refractivity contribution in [2.24, 2.45) is 4.88 Å². The highest BCUT2D eigenvalue weighted by Crippen LogP contribution is 2.22. The van der Waals surface area contributed by atoms with Gasteiger partial charge >= 0.3 is 7.95 Å². The summed E-state index contributed by atoms with van der Waals surface area (Å²) in [7, 11) is -2.17. The number of benzene rings is 1. The first kappa shape index (κ1) is 10.1. The molecule has 1 atom stereocenters. The van der Waals surface area contributed by atoms with Crippen molar-refractivity contribution < 1.29 is 9.49 Å². The van der Waals surface area contributed by atoms with Crippen molar-refractivity contribution in [3.05, 3.63) is 44.8 Å². The highest BCUT2D eigenvalue weighted by Gasteiger charge is 2.19. The predicted molar refractivity (Wildman–Crippen MR) is 49.5 cm³/mol. The van der Waals surface area contributed by atoms with Crippen LogP contribution in [-0.4, -0.2) is 4.92 Å². The second kappa shape index (κ2) is 4.32. The average Bonchev–Trinajstić information content (AvgIpc) is 2.18. The van der Waals surface area contributed by atoms with Crippen molar-refractivity contribution in [1.29, 1.82) is 0 Å². The molecule has 7 nitrogen and oxygen atoms in total. The molecule has 0 saturated carbocycles. The Labute approximate surface area is 79.0 Å². The van der Waals surface area contributed by atoms with Crippen molar-refractivity contribution in [2.45, 2.75) is 0 Å². The Hall–Kier alpha value is -1.97. The van der Waals surface area contributed by atoms with E-state index in [1.807, 2.05) is 0 Å². The minimum atomic E-state index is -2.17. The van der Waals surface area contributed by atoms with Gasteiger partial charge < -0.3 is 0 Å². The Morgan fingerprint density at radius 3 is 2.43 bits per heavy atom. The standard InChI is InChI=1S/C6H4N4O3P/c7-8-9-14(13)6-3-1-5(2-4-6)10(11)12/h1-4H/q+1. The number of nitro groups is 1. The molecule has 0 aromatic heterocycles. The molecule has 0 amide bonds. The molecule has 1 unspecified atom stereocenters. The van der Waals surface area contributed by atoms with E-state index in [0.717, 1.165) is 0 Å². The maximum Gasteiger partial charge on any atom is 0.500 e. The van der Waals surface area contributed by atoms with E-state index < -0.39 is 12.9 Å². The van der Waals surface area contributed by atoms with E-state index in [2.05, 4.69) is 9.80 Å². The molecule has 0 aliphatic heterocycles. The lowest BCUT2D eigenvalue weighted by atomic mass is 10.3. The number of nitro benzene ring substituents is 1. The molecule has 70 valence electrons. The van der Waals surface area contributed by atoms with Crippen LogP contribution < -0.4 is 5.30 Å². The second-order valence-electron chi connectivity index (χ2n) is 2.23. The third-order valence-corrected chi connectivity index (χ3v) is 2.39. The minimum Gasteiger partial charge on any atom is -0.258 e. The molecular weight excluding hydrogens is 207 g/mol. The van der Waals surface area contributed by atoms with Gasteiger partial charge in [0.15, 0.2) is 4.88 Å². The molecule has 0 aliphatic rings. The van der Waals surface area contributed by atoms with Gasteiger partial charge in [-0.1, -0.05) is 4.57 Å². The van der Waals surface area contributed by atoms with Crippen LogP contribution in [0, 0.1) is 10.1 Å². The summed E-state index contributed by atoms with van der Waals surface area (Å²) in [6.45, 7) is 0. The highest BCUT2D eigenvalue weighted by atomic mass is 31.1. The quantitative estimate of drug-likeness (QED) is 0.191. The molecule has 1 aromatic carbocycles. The van der Waals surface area contributed by atoms with Gasteiger partial charge in [0.25, 0.3) is 5.69 Å². The van der Waals surface area contributed by atoms with Crippen molar-refractivity contribution in [1.82, 2.24) is 0 Å². The van der Waals surface area contributed by atoms with Crippen LogP contribution in [0.3, 0.4) is 0 Å². The number of azide groups is 1. The van der Waals surface area contributed by atoms with Crippen LogP contribution in [0.5, 0.6) is 0 Å². The Kier molecular flexibility index (Phi) is 3.12. The molecule has 0 heterocycles. The lowest BCUT2D eigenvalue weighted by Gasteiger charge is -1.87. The number of rotatable bonds is 3. The van der Waals surface area contributed by atoms with Crippen LogP contribution in [0.4, 0.5) is 5.69 Å². The zero-order valence-electron chi connectivity index (χ0n) is 6.77. The first-order valence-electron chi connectivity index (χ1n) is 3.42. The molecule has 1 rings (SSSR count). The number of hydrogen-bond donors (Lipinski definition) is 0. The van der Waals surface area contributed by atoms with E-state index in [0.29, 0.717) is 0 Å². The van der Waals surface area contributed by atoms with Crippen LogP contribution in [0.1, 0.15) is 0 Å². The lowest BCUT2D eigenvalue weighted by Crippen LogP contribution is -1.95. The molecule has 0 N–H and O–H groups in total. The van der Waals surface area contributed by atoms with E-state index in [-0.39, 0.29) is 11.0 Å². The Balaban J connectivity index is 2.99. The maximum absolute atomic E-state index is 11.1. The first-order valence-corrected chi connectivity index (χ1v) is 4.63. The molecule has 0 fully saturated rings. The molecule has 0 aliphatic carbocycles. The zero-order chi connectivity index (χ0) is 10.6. The summed E-state index contributed by atoms with van der Waals surface area (Å²) in [6, 6.07) is 5.00. The Bertz CT molecular complexity index is 423. The molecule has 14 heavy (non-hydrogen) atoms. The average molecular weight is 211 g/mol. The molecule has 8 heteroatoms. The van der Waals surface area contributed by atoms with Gasteiger partial charge in [-0.25, -0.2) is 0 Å². The summed E-state index contributed by atoms with van der Waals surface area (Å²) in [5.74, 6) is 0. The van der Waals surface area contributed by atoms with Gasteiger partial charge in [-0.3, -0.25) is 10.1 Å². The van der Waals surface area contributed by atoms with Crippen molar-refractivity contribution in [3.8, 4) is 0 Å². The van der Waals surface area contributed by atoms with Gasteiger partial charge in [-0.05, 0) is 12.1 Å². The fourth-order valence-electron chi connectivity index (χ4n) is 0.790. The van der Waals surface area contributed by atoms with Crippen LogP contribution in [0.15, 0.2) is 29.2 Å². The molecule has 0 saturated heterocycles. The van der Waals surface area contributed by atoms with Crippen molar-refractivity contribution in [3.63, 3.8) is 0 Å². The second-order valence-corrected chi connectivity index (χ2v) is 3.47. The third kappa shape index (κ3) is 2.26. The van der Waals surface area contributed by atoms with E-state index in [1.165, 1.54) is 24.3 Å². The van der Waals surface area contributed by atoms with Crippen LogP contribution in [0.2, 0.25) is 0 Å². The minimum absolute atomic E-state index is 0.0990. The van der Waals surface area contributed by atoms with Gasteiger partial charge in [0.2, 0.25) is 5.30 Å². The van der Waals surface area contributed by atoms with Gasteiger partial charge in [-0.2, -0.15) is 0 Å². The van der Waals surface area contributed by atoms with Crippen LogP contribution in [0.25, 0.3) is 10.4 Å². The summed E-state index contributed by atoms with van der Waals surface area (Å²) < 4.78 is 11.1. The van der Waals surface area contributed by atoms with Crippen molar-refractivity contribution >= 4 is 18.9 Å². The smallest absolute Gasteiger partial charge is 0.258 e. The molecule has 0 bridgehead atoms. The lowest BCUT2D eigenvalue weighted by molar-refractivity contribution is -0.384. The van der Waals surface area contributed by atoms with Gasteiger partial charge in [-0.15, -0.1) is 0 Å². The Morgan fingerprint density at radius 2 is 2.00 bits per heavy atom. The largest absolute Gasteiger partial charge is 0.500 e. The predicted octanol–water partition coefficient (Wildman–Crippen LogP) is 2.27. The molecule has 0 spiro atoms. The number of nitrogens with zero attached hydrogens (tertiary/aromatic N) is 4. The number of non-ortho nitro benzene ring substituents is 1. The van der Waals surface area contributed by atoms with Crippen LogP contribution in [-0.2, 0) is 4.57 Å². The van der Waals surface area contributed by atoms with E-state index in [1.54, 1.807) is 0 Å². The Morgan fingerprint density at radius 1 is 1.43 bits per heavy atom. The van der Waals surface area contributed by atoms with Crippen LogP contribution >= 0.6 is 7.95 Å². The third-order valence-electron chi connectivity index (χ3n) is 1.40. The van der Waals surface area contributed by atoms with E-state index >= 15 is 0 Å². The number of hydrogen-bond acceptors (Lipinski definition) is 3. The summed E-state index contributed by atoms with van der Waals surface area (Å²) in [5, 5.41) is 10.5. The normalized spacial score (nSPS) is 10.1. The topological polar surface area (TPSA) is 109 Å². The summed E-state index contributed by atoms with van der Waals surface area (Å²) >= 11 is 0. The highest BCUT2D eigenvalue weighted by molar-refractivity contribution is 7.51. The SMILES string of the molecule is [N-]=[N+]=N[P+](=O)c1ccc([N+](=O)[O-])cc1. The summed E-state index contributed by atoms with van der Waals surface area (Å²) in [4.78, 5) is 15.1. The van der Waals surface area contributed by atoms with E-state index in [4.69, 9.17) is 5.53 Å². The first-order chi connectivity index (χ1) is 6.65. The van der Waals surface area contributed by atoms with Gasteiger partial charge in [0, 0.05) is 22.6 Å². The summed E-state index contributed by atoms with van der Waals surface area (Å²) in [5.41, 5.74) is 7.91. The molecular formula is C6H4N4O3P+. The zero-order valence-corrected chi connectivity index (χ0v) is 7.66. The molecule has 1 aromatic rings. The maximum atomic E-state index is 11.1. The van der Waals surface area contributed by atoms with E-state index in [9.17, 15) is 14.7 Å². The van der Waals surface area contributed by atoms with Gasteiger partial charge in [0.05, 0.1) is 4.92 Å². The van der Waals surface area contributed by atoms with Crippen molar-refractivity contribution in [2.75, 3.05) is 0 Å². The van der Waals surface area contributed by atoms with Gasteiger partial charge in [0.1, 0.15) is 0 Å². The monoisotopic (exact) mass is 211 g/mol. The molecule has 0 radical (unpaired) electrons. The fraction of sp³-hybridized carbons (Fsp3) is 0. The fourth-order valence-corrected chi connectivity index (χ4v) is 1.37. The summed E-state index contributed by atoms with van der Waals surface area (Å²) in [6.07, 6.45) is 0.